The first-order valence-corrected chi connectivity index (χ1v) is 4.28. The van der Waals surface area contributed by atoms with E-state index in [0.717, 1.165) is 0 Å². The first-order valence-electron chi connectivity index (χ1n) is 4.28. The molecule has 2 aliphatic rings. The first kappa shape index (κ1) is 8.65. The Hall–Kier alpha value is -0.940. The highest BCUT2D eigenvalue weighted by atomic mass is 16.7. The number of rotatable bonds is 2. The topological polar surface area (TPSA) is 55.8 Å². The molecule has 72 valence electrons. The summed E-state index contributed by atoms with van der Waals surface area (Å²) in [6.45, 7) is 1.73. The van der Waals surface area contributed by atoms with E-state index in [1.807, 2.05) is 0 Å². The Morgan fingerprint density at radius 3 is 2.54 bits per heavy atom. The van der Waals surface area contributed by atoms with Gasteiger partial charge in [-0.2, -0.15) is 0 Å². The van der Waals surface area contributed by atoms with Gasteiger partial charge in [-0.3, -0.25) is 9.59 Å². The summed E-state index contributed by atoms with van der Waals surface area (Å²) in [6, 6.07) is 0. The van der Waals surface area contributed by atoms with E-state index in [0.29, 0.717) is 19.8 Å². The summed E-state index contributed by atoms with van der Waals surface area (Å²) < 4.78 is 10.3. The molecule has 2 aliphatic heterocycles. The van der Waals surface area contributed by atoms with Gasteiger partial charge in [0.25, 0.3) is 0 Å². The number of carbonyl (C=O) groups is 2. The van der Waals surface area contributed by atoms with Gasteiger partial charge < -0.3 is 14.4 Å². The zero-order valence-corrected chi connectivity index (χ0v) is 7.19. The van der Waals surface area contributed by atoms with Crippen molar-refractivity contribution in [1.82, 2.24) is 4.90 Å². The van der Waals surface area contributed by atoms with Crippen LogP contribution in [0.15, 0.2) is 0 Å². The van der Waals surface area contributed by atoms with Crippen LogP contribution in [0.4, 0.5) is 0 Å². The number of amides is 1. The van der Waals surface area contributed by atoms with Gasteiger partial charge in [0.2, 0.25) is 5.91 Å². The van der Waals surface area contributed by atoms with Crippen LogP contribution >= 0.6 is 0 Å². The fourth-order valence-corrected chi connectivity index (χ4v) is 1.50. The Labute approximate surface area is 75.6 Å². The normalized spacial score (nSPS) is 24.8. The molecule has 5 nitrogen and oxygen atoms in total. The van der Waals surface area contributed by atoms with E-state index in [1.165, 1.54) is 4.90 Å². The van der Waals surface area contributed by atoms with Crippen molar-refractivity contribution in [3.63, 3.8) is 0 Å². The van der Waals surface area contributed by atoms with Crippen LogP contribution in [0.25, 0.3) is 0 Å². The standard InChI is InChI=1S/C8H11NO4/c10-6-3-7(11)9(4-6)5-8-12-1-2-13-8/h8H,1-5H2. The van der Waals surface area contributed by atoms with E-state index in [4.69, 9.17) is 9.47 Å². The number of Topliss-reactive ketones (excluding diaryl/α,β-unsaturated/α-hetero) is 1. The molecule has 0 unspecified atom stereocenters. The first-order chi connectivity index (χ1) is 6.25. The fourth-order valence-electron chi connectivity index (χ4n) is 1.50. The van der Waals surface area contributed by atoms with E-state index in [2.05, 4.69) is 0 Å². The van der Waals surface area contributed by atoms with Crippen molar-refractivity contribution >= 4 is 11.7 Å². The quantitative estimate of drug-likeness (QED) is 0.526. The van der Waals surface area contributed by atoms with Crippen molar-refractivity contribution in [2.45, 2.75) is 12.7 Å². The molecule has 0 aliphatic carbocycles. The highest BCUT2D eigenvalue weighted by Gasteiger charge is 2.30. The second-order valence-corrected chi connectivity index (χ2v) is 3.16. The molecule has 0 bridgehead atoms. The average Bonchev–Trinajstić information content (AvgIpc) is 2.63. The van der Waals surface area contributed by atoms with Crippen LogP contribution in [0, 0.1) is 0 Å². The molecule has 0 aromatic carbocycles. The maximum absolute atomic E-state index is 11.2. The van der Waals surface area contributed by atoms with Crippen LogP contribution in [0.2, 0.25) is 0 Å². The Balaban J connectivity index is 1.87. The summed E-state index contributed by atoms with van der Waals surface area (Å²) in [4.78, 5) is 23.5. The molecule has 0 saturated carbocycles. The van der Waals surface area contributed by atoms with E-state index in [-0.39, 0.29) is 30.9 Å². The molecule has 2 heterocycles. The molecule has 13 heavy (non-hydrogen) atoms. The van der Waals surface area contributed by atoms with Gasteiger partial charge in [-0.1, -0.05) is 0 Å². The Bertz CT molecular complexity index is 234. The number of carbonyl (C=O) groups excluding carboxylic acids is 2. The van der Waals surface area contributed by atoms with Gasteiger partial charge >= 0.3 is 0 Å². The number of nitrogens with zero attached hydrogens (tertiary/aromatic N) is 1. The van der Waals surface area contributed by atoms with Gasteiger partial charge in [-0.15, -0.1) is 0 Å². The van der Waals surface area contributed by atoms with Crippen LogP contribution in [-0.4, -0.2) is 49.2 Å². The van der Waals surface area contributed by atoms with E-state index >= 15 is 0 Å². The Kier molecular flexibility index (Phi) is 2.28. The van der Waals surface area contributed by atoms with Crippen LogP contribution in [0.3, 0.4) is 0 Å². The zero-order chi connectivity index (χ0) is 9.26. The summed E-state index contributed by atoms with van der Waals surface area (Å²) in [5.41, 5.74) is 0. The molecule has 2 saturated heterocycles. The summed E-state index contributed by atoms with van der Waals surface area (Å²) >= 11 is 0. The minimum absolute atomic E-state index is 0.0250. The molecule has 0 radical (unpaired) electrons. The van der Waals surface area contributed by atoms with Gasteiger partial charge in [0.05, 0.1) is 32.7 Å². The van der Waals surface area contributed by atoms with Gasteiger partial charge in [-0.05, 0) is 0 Å². The van der Waals surface area contributed by atoms with Crippen LogP contribution in [-0.2, 0) is 19.1 Å². The lowest BCUT2D eigenvalue weighted by Gasteiger charge is -2.17. The monoisotopic (exact) mass is 185 g/mol. The summed E-state index contributed by atoms with van der Waals surface area (Å²) in [5.74, 6) is -0.146. The number of ether oxygens (including phenoxy) is 2. The average molecular weight is 185 g/mol. The Morgan fingerprint density at radius 2 is 2.00 bits per heavy atom. The molecule has 1 amide bonds. The highest BCUT2D eigenvalue weighted by Crippen LogP contribution is 2.11. The maximum Gasteiger partial charge on any atom is 0.230 e. The number of hydrogen-bond donors (Lipinski definition) is 0. The zero-order valence-electron chi connectivity index (χ0n) is 7.19. The van der Waals surface area contributed by atoms with Crippen molar-refractivity contribution in [2.75, 3.05) is 26.3 Å². The second kappa shape index (κ2) is 3.43. The predicted molar refractivity (Wildman–Crippen MR) is 41.9 cm³/mol. The van der Waals surface area contributed by atoms with Gasteiger partial charge in [0, 0.05) is 0 Å². The minimum atomic E-state index is -0.338. The van der Waals surface area contributed by atoms with Gasteiger partial charge in [-0.25, -0.2) is 0 Å². The third-order valence-electron chi connectivity index (χ3n) is 2.13. The van der Waals surface area contributed by atoms with Gasteiger partial charge in [0.1, 0.15) is 0 Å². The van der Waals surface area contributed by atoms with Crippen molar-refractivity contribution in [3.05, 3.63) is 0 Å². The SMILES string of the molecule is O=C1CC(=O)N(CC2OCCO2)C1. The van der Waals surface area contributed by atoms with E-state index in [1.54, 1.807) is 0 Å². The molecular formula is C8H11NO4. The third kappa shape index (κ3) is 1.87. The molecule has 0 atom stereocenters. The van der Waals surface area contributed by atoms with Crippen molar-refractivity contribution in [1.29, 1.82) is 0 Å². The molecule has 2 rings (SSSR count). The van der Waals surface area contributed by atoms with E-state index < -0.39 is 0 Å². The second-order valence-electron chi connectivity index (χ2n) is 3.16. The lowest BCUT2D eigenvalue weighted by molar-refractivity contribution is -0.133. The lowest BCUT2D eigenvalue weighted by Crippen LogP contribution is -2.34. The largest absolute Gasteiger partial charge is 0.348 e. The van der Waals surface area contributed by atoms with Crippen LogP contribution in [0.1, 0.15) is 6.42 Å². The number of ketones is 1. The molecule has 0 N–H and O–H groups in total. The third-order valence-corrected chi connectivity index (χ3v) is 2.13. The molecule has 0 aromatic rings. The molecular weight excluding hydrogens is 174 g/mol. The summed E-state index contributed by atoms with van der Waals surface area (Å²) in [5, 5.41) is 0. The molecule has 5 heteroatoms. The summed E-state index contributed by atoms with van der Waals surface area (Å²) in [7, 11) is 0. The van der Waals surface area contributed by atoms with Crippen LogP contribution < -0.4 is 0 Å². The van der Waals surface area contributed by atoms with E-state index in [9.17, 15) is 9.59 Å². The molecule has 0 aromatic heterocycles. The minimum Gasteiger partial charge on any atom is -0.348 e. The smallest absolute Gasteiger partial charge is 0.230 e. The van der Waals surface area contributed by atoms with Crippen LogP contribution in [0.5, 0.6) is 0 Å². The van der Waals surface area contributed by atoms with Crippen molar-refractivity contribution in [3.8, 4) is 0 Å². The lowest BCUT2D eigenvalue weighted by atomic mass is 10.3. The van der Waals surface area contributed by atoms with Gasteiger partial charge in [0.15, 0.2) is 12.1 Å². The molecule has 0 spiro atoms. The van der Waals surface area contributed by atoms with Crippen molar-refractivity contribution in [2.24, 2.45) is 0 Å². The predicted octanol–water partition coefficient (Wildman–Crippen LogP) is -0.839. The fraction of sp³-hybridized carbons (Fsp3) is 0.750. The van der Waals surface area contributed by atoms with Crippen molar-refractivity contribution < 1.29 is 19.1 Å². The maximum atomic E-state index is 11.2. The summed E-state index contributed by atoms with van der Waals surface area (Å²) in [6.07, 6.45) is -0.304. The number of likely N-dealkylation sites (tertiary alicyclic amines) is 1. The molecule has 2 fully saturated rings. The number of hydrogen-bond acceptors (Lipinski definition) is 4. The Morgan fingerprint density at radius 1 is 1.31 bits per heavy atom. The highest BCUT2D eigenvalue weighted by molar-refractivity contribution is 6.05.